The summed E-state index contributed by atoms with van der Waals surface area (Å²) in [5, 5.41) is 6.51. The van der Waals surface area contributed by atoms with Gasteiger partial charge in [-0.3, -0.25) is 9.69 Å². The standard InChI is InChI=1S/C23H30N6O3/c1-14-12-17(22-15(2)16(3)28(5)26-22)10-11-20(14)32-13-18-19(8-7-9-21(18)31-6)29(25)23(30)27(4)24/h7-12H,13,24-25H2,1-6H3. The Morgan fingerprint density at radius 1 is 1.12 bits per heavy atom. The number of hydrogen-bond donors (Lipinski definition) is 2. The van der Waals surface area contributed by atoms with Gasteiger partial charge >= 0.3 is 6.03 Å². The average molecular weight is 439 g/mol. The van der Waals surface area contributed by atoms with Gasteiger partial charge in [0, 0.05) is 25.4 Å². The molecule has 0 aliphatic heterocycles. The first-order valence-electron chi connectivity index (χ1n) is 10.1. The first-order valence-corrected chi connectivity index (χ1v) is 10.1. The van der Waals surface area contributed by atoms with Gasteiger partial charge in [0.05, 0.1) is 24.1 Å². The number of anilines is 1. The number of nitrogens with zero attached hydrogens (tertiary/aromatic N) is 4. The minimum atomic E-state index is -0.568. The van der Waals surface area contributed by atoms with E-state index >= 15 is 0 Å². The number of hydrogen-bond acceptors (Lipinski definition) is 6. The quantitative estimate of drug-likeness (QED) is 0.347. The Hall–Kier alpha value is -3.56. The molecule has 0 spiro atoms. The van der Waals surface area contributed by atoms with E-state index < -0.39 is 6.03 Å². The Bertz CT molecular complexity index is 1140. The van der Waals surface area contributed by atoms with Crippen LogP contribution in [0.25, 0.3) is 11.3 Å². The number of aromatic nitrogens is 2. The minimum Gasteiger partial charge on any atom is -0.496 e. The lowest BCUT2D eigenvalue weighted by Gasteiger charge is -2.24. The molecule has 0 radical (unpaired) electrons. The maximum Gasteiger partial charge on any atom is 0.352 e. The van der Waals surface area contributed by atoms with E-state index in [4.69, 9.17) is 21.2 Å². The third-order valence-corrected chi connectivity index (χ3v) is 5.55. The molecular formula is C23H30N6O3. The third kappa shape index (κ3) is 4.39. The lowest BCUT2D eigenvalue weighted by Crippen LogP contribution is -2.49. The van der Waals surface area contributed by atoms with Gasteiger partial charge < -0.3 is 9.47 Å². The minimum absolute atomic E-state index is 0.149. The molecule has 170 valence electrons. The fourth-order valence-electron chi connectivity index (χ4n) is 3.49. The third-order valence-electron chi connectivity index (χ3n) is 5.55. The second-order valence-corrected chi connectivity index (χ2v) is 7.67. The Balaban J connectivity index is 1.88. The molecule has 2 amide bonds. The summed E-state index contributed by atoms with van der Waals surface area (Å²) in [6.07, 6.45) is 0. The molecule has 0 aliphatic rings. The Morgan fingerprint density at radius 2 is 1.84 bits per heavy atom. The van der Waals surface area contributed by atoms with Crippen LogP contribution in [0.15, 0.2) is 36.4 Å². The Morgan fingerprint density at radius 3 is 2.41 bits per heavy atom. The van der Waals surface area contributed by atoms with Crippen LogP contribution in [0, 0.1) is 20.8 Å². The molecule has 0 saturated heterocycles. The number of methoxy groups -OCH3 is 1. The van der Waals surface area contributed by atoms with Crippen LogP contribution in [-0.4, -0.2) is 35.0 Å². The van der Waals surface area contributed by atoms with Crippen LogP contribution >= 0.6 is 0 Å². The summed E-state index contributed by atoms with van der Waals surface area (Å²) >= 11 is 0. The lowest BCUT2D eigenvalue weighted by molar-refractivity contribution is 0.216. The highest BCUT2D eigenvalue weighted by atomic mass is 16.5. The van der Waals surface area contributed by atoms with E-state index in [0.29, 0.717) is 22.7 Å². The topological polar surface area (TPSA) is 112 Å². The SMILES string of the molecule is COc1cccc(N(N)C(=O)N(C)N)c1COc1ccc(-c2nn(C)c(C)c2C)cc1C. The number of benzene rings is 2. The van der Waals surface area contributed by atoms with Crippen molar-refractivity contribution in [2.45, 2.75) is 27.4 Å². The number of hydrazine groups is 2. The number of amides is 2. The van der Waals surface area contributed by atoms with Crippen LogP contribution < -0.4 is 26.2 Å². The number of urea groups is 1. The van der Waals surface area contributed by atoms with Crippen molar-refractivity contribution in [2.24, 2.45) is 18.7 Å². The van der Waals surface area contributed by atoms with Crippen LogP contribution in [-0.2, 0) is 13.7 Å². The number of carbonyl (C=O) groups is 1. The van der Waals surface area contributed by atoms with Crippen molar-refractivity contribution in [2.75, 3.05) is 19.2 Å². The van der Waals surface area contributed by atoms with Crippen LogP contribution in [0.4, 0.5) is 10.5 Å². The fourth-order valence-corrected chi connectivity index (χ4v) is 3.49. The molecule has 1 heterocycles. The summed E-state index contributed by atoms with van der Waals surface area (Å²) in [6.45, 7) is 6.25. The monoisotopic (exact) mass is 438 g/mol. The summed E-state index contributed by atoms with van der Waals surface area (Å²) in [7, 11) is 4.92. The Kier molecular flexibility index (Phi) is 6.71. The first kappa shape index (κ1) is 23.1. The van der Waals surface area contributed by atoms with Crippen molar-refractivity contribution in [1.29, 1.82) is 0 Å². The van der Waals surface area contributed by atoms with E-state index in [0.717, 1.165) is 38.1 Å². The van der Waals surface area contributed by atoms with Crippen molar-refractivity contribution in [3.8, 4) is 22.8 Å². The lowest BCUT2D eigenvalue weighted by atomic mass is 10.0. The molecule has 0 bridgehead atoms. The molecule has 1 aromatic heterocycles. The molecule has 2 aromatic carbocycles. The maximum atomic E-state index is 12.3. The van der Waals surface area contributed by atoms with Gasteiger partial charge in [-0.1, -0.05) is 6.07 Å². The fraction of sp³-hybridized carbons (Fsp3) is 0.304. The van der Waals surface area contributed by atoms with Crippen LogP contribution in [0.3, 0.4) is 0 Å². The van der Waals surface area contributed by atoms with E-state index in [-0.39, 0.29) is 6.61 Å². The zero-order chi connectivity index (χ0) is 23.6. The van der Waals surface area contributed by atoms with E-state index in [2.05, 4.69) is 25.0 Å². The molecule has 9 nitrogen and oxygen atoms in total. The van der Waals surface area contributed by atoms with E-state index in [9.17, 15) is 4.79 Å². The van der Waals surface area contributed by atoms with Gasteiger partial charge in [0.1, 0.15) is 18.1 Å². The molecule has 3 aromatic rings. The normalized spacial score (nSPS) is 10.8. The largest absolute Gasteiger partial charge is 0.496 e. The van der Waals surface area contributed by atoms with Crippen LogP contribution in [0.1, 0.15) is 22.4 Å². The number of carbonyl (C=O) groups excluding carboxylic acids is 1. The predicted octanol–water partition coefficient (Wildman–Crippen LogP) is 3.21. The maximum absolute atomic E-state index is 12.3. The second-order valence-electron chi connectivity index (χ2n) is 7.67. The zero-order valence-electron chi connectivity index (χ0n) is 19.3. The summed E-state index contributed by atoms with van der Waals surface area (Å²) in [6, 6.07) is 10.6. The van der Waals surface area contributed by atoms with Crippen molar-refractivity contribution >= 4 is 11.7 Å². The summed E-state index contributed by atoms with van der Waals surface area (Å²) in [5.74, 6) is 12.8. The van der Waals surface area contributed by atoms with Crippen molar-refractivity contribution in [1.82, 2.24) is 14.8 Å². The second kappa shape index (κ2) is 9.29. The molecule has 0 unspecified atom stereocenters. The molecular weight excluding hydrogens is 408 g/mol. The summed E-state index contributed by atoms with van der Waals surface area (Å²) in [5.41, 5.74) is 6.30. The molecule has 0 fully saturated rings. The van der Waals surface area contributed by atoms with Crippen molar-refractivity contribution < 1.29 is 14.3 Å². The van der Waals surface area contributed by atoms with Crippen molar-refractivity contribution in [3.05, 3.63) is 58.8 Å². The number of nitrogens with two attached hydrogens (primary N) is 2. The van der Waals surface area contributed by atoms with Gasteiger partial charge in [-0.05, 0) is 62.2 Å². The van der Waals surface area contributed by atoms with Crippen LogP contribution in [0.2, 0.25) is 0 Å². The van der Waals surface area contributed by atoms with E-state index in [1.165, 1.54) is 7.05 Å². The van der Waals surface area contributed by atoms with Gasteiger partial charge in [-0.15, -0.1) is 0 Å². The molecule has 0 saturated carbocycles. The molecule has 3 rings (SSSR count). The van der Waals surface area contributed by atoms with Gasteiger partial charge in [0.25, 0.3) is 0 Å². The number of ether oxygens (including phenoxy) is 2. The van der Waals surface area contributed by atoms with Crippen molar-refractivity contribution in [3.63, 3.8) is 0 Å². The highest BCUT2D eigenvalue weighted by Gasteiger charge is 2.21. The molecule has 32 heavy (non-hydrogen) atoms. The highest BCUT2D eigenvalue weighted by molar-refractivity contribution is 5.91. The smallest absolute Gasteiger partial charge is 0.352 e. The zero-order valence-corrected chi connectivity index (χ0v) is 19.3. The molecule has 4 N–H and O–H groups in total. The molecule has 0 aliphatic carbocycles. The van der Waals surface area contributed by atoms with E-state index in [1.54, 1.807) is 25.3 Å². The number of aryl methyl sites for hydroxylation is 2. The van der Waals surface area contributed by atoms with Gasteiger partial charge in [-0.2, -0.15) is 5.10 Å². The first-order chi connectivity index (χ1) is 15.1. The van der Waals surface area contributed by atoms with Gasteiger partial charge in [-0.25, -0.2) is 21.5 Å². The molecule has 9 heteroatoms. The van der Waals surface area contributed by atoms with Gasteiger partial charge in [0.2, 0.25) is 0 Å². The summed E-state index contributed by atoms with van der Waals surface area (Å²) in [4.78, 5) is 12.3. The van der Waals surface area contributed by atoms with Gasteiger partial charge in [0.15, 0.2) is 0 Å². The molecule has 0 atom stereocenters. The highest BCUT2D eigenvalue weighted by Crippen LogP contribution is 2.32. The summed E-state index contributed by atoms with van der Waals surface area (Å²) < 4.78 is 13.5. The van der Waals surface area contributed by atoms with Crippen LogP contribution in [0.5, 0.6) is 11.5 Å². The predicted molar refractivity (Wildman–Crippen MR) is 124 cm³/mol. The van der Waals surface area contributed by atoms with E-state index in [1.807, 2.05) is 30.8 Å². The Labute approximate surface area is 188 Å². The number of rotatable bonds is 6. The average Bonchev–Trinajstić information content (AvgIpc) is 3.04.